The van der Waals surface area contributed by atoms with Crippen LogP contribution in [0.4, 0.5) is 39.5 Å². The molecule has 0 unspecified atom stereocenters. The van der Waals surface area contributed by atoms with Crippen LogP contribution in [0.5, 0.6) is 0 Å². The lowest BCUT2D eigenvalue weighted by molar-refractivity contribution is -0.138. The molecule has 14 heteroatoms. The first-order chi connectivity index (χ1) is 21.2. The zero-order valence-electron chi connectivity index (χ0n) is 24.3. The Kier molecular flexibility index (Phi) is 10.3. The van der Waals surface area contributed by atoms with Gasteiger partial charge in [-0.05, 0) is 48.9 Å². The van der Waals surface area contributed by atoms with Crippen LogP contribution in [0.15, 0.2) is 42.5 Å². The van der Waals surface area contributed by atoms with Gasteiger partial charge in [0.15, 0.2) is 17.5 Å². The highest BCUT2D eigenvalue weighted by Crippen LogP contribution is 2.34. The highest BCUT2D eigenvalue weighted by molar-refractivity contribution is 5.99. The van der Waals surface area contributed by atoms with Crippen LogP contribution in [0.3, 0.4) is 0 Å². The van der Waals surface area contributed by atoms with E-state index in [9.17, 15) is 22.4 Å². The molecule has 0 atom stereocenters. The summed E-state index contributed by atoms with van der Waals surface area (Å²) in [5.41, 5.74) is 0.287. The minimum Gasteiger partial charge on any atom is -0.379 e. The maximum atomic E-state index is 14.8. The number of benzene rings is 2. The van der Waals surface area contributed by atoms with E-state index in [-0.39, 0.29) is 29.4 Å². The number of nitrogens with one attached hydrogen (secondary N) is 2. The van der Waals surface area contributed by atoms with Gasteiger partial charge in [-0.1, -0.05) is 6.07 Å². The predicted octanol–water partition coefficient (Wildman–Crippen LogP) is 4.94. The second-order valence-electron chi connectivity index (χ2n) is 10.4. The van der Waals surface area contributed by atoms with Crippen LogP contribution in [0.1, 0.15) is 16.8 Å². The molecule has 3 heterocycles. The van der Waals surface area contributed by atoms with E-state index >= 15 is 0 Å². The van der Waals surface area contributed by atoms with E-state index in [4.69, 9.17) is 14.2 Å². The Morgan fingerprint density at radius 1 is 0.932 bits per heavy atom. The third-order valence-corrected chi connectivity index (χ3v) is 7.30. The van der Waals surface area contributed by atoms with Gasteiger partial charge in [0.1, 0.15) is 0 Å². The molecule has 3 aromatic rings. The lowest BCUT2D eigenvalue weighted by Gasteiger charge is -2.28. The number of rotatable bonds is 9. The highest BCUT2D eigenvalue weighted by atomic mass is 19.4. The Hall–Kier alpha value is -3.85. The standard InChI is InChI=1S/C30H34F4N6O4/c1-20-26(31)28(40-11-16-43-17-12-40)38-27(35-20)21-2-5-23(6-3-21)36-29(41)37-24-7-4-22(25(18-24)30(32,33)34)19-44-15-10-39-8-13-42-14-9-39/h2-7,18H,8-17,19H2,1H3,(H2,36,37,41). The summed E-state index contributed by atoms with van der Waals surface area (Å²) >= 11 is 0. The molecule has 10 nitrogen and oxygen atoms in total. The number of nitrogens with zero attached hydrogens (tertiary/aromatic N) is 4. The van der Waals surface area contributed by atoms with Gasteiger partial charge >= 0.3 is 12.2 Å². The van der Waals surface area contributed by atoms with Crippen LogP contribution in [-0.4, -0.2) is 86.7 Å². The molecule has 0 saturated carbocycles. The van der Waals surface area contributed by atoms with E-state index in [2.05, 4.69) is 25.5 Å². The molecule has 2 aromatic carbocycles. The molecule has 0 radical (unpaired) electrons. The van der Waals surface area contributed by atoms with Crippen molar-refractivity contribution in [3.05, 3.63) is 65.1 Å². The normalized spacial score (nSPS) is 16.2. The largest absolute Gasteiger partial charge is 0.416 e. The van der Waals surface area contributed by atoms with Gasteiger partial charge < -0.3 is 29.7 Å². The van der Waals surface area contributed by atoms with Gasteiger partial charge in [0.05, 0.1) is 50.9 Å². The van der Waals surface area contributed by atoms with Gasteiger partial charge in [0, 0.05) is 49.7 Å². The molecular weight excluding hydrogens is 584 g/mol. The third-order valence-electron chi connectivity index (χ3n) is 7.30. The molecule has 2 saturated heterocycles. The third kappa shape index (κ3) is 8.20. The second-order valence-corrected chi connectivity index (χ2v) is 10.4. The summed E-state index contributed by atoms with van der Waals surface area (Å²) < 4.78 is 72.4. The smallest absolute Gasteiger partial charge is 0.379 e. The number of aryl methyl sites for hydroxylation is 1. The molecule has 1 aromatic heterocycles. The van der Waals surface area contributed by atoms with Crippen LogP contribution >= 0.6 is 0 Å². The van der Waals surface area contributed by atoms with Crippen LogP contribution in [0.2, 0.25) is 0 Å². The number of anilines is 3. The fraction of sp³-hybridized carbons (Fsp3) is 0.433. The molecule has 2 fully saturated rings. The molecule has 236 valence electrons. The summed E-state index contributed by atoms with van der Waals surface area (Å²) in [5.74, 6) is 0.0519. The van der Waals surface area contributed by atoms with E-state index in [0.717, 1.165) is 19.2 Å². The summed E-state index contributed by atoms with van der Waals surface area (Å²) in [7, 11) is 0. The molecule has 44 heavy (non-hydrogen) atoms. The number of hydrogen-bond acceptors (Lipinski definition) is 8. The number of amides is 2. The Morgan fingerprint density at radius 2 is 1.57 bits per heavy atom. The van der Waals surface area contributed by atoms with Gasteiger partial charge in [-0.25, -0.2) is 19.2 Å². The van der Waals surface area contributed by atoms with Gasteiger partial charge in [0.25, 0.3) is 0 Å². The number of halogens is 4. The van der Waals surface area contributed by atoms with Crippen molar-refractivity contribution < 1.29 is 36.6 Å². The van der Waals surface area contributed by atoms with Gasteiger partial charge in [-0.3, -0.25) is 4.90 Å². The zero-order valence-corrected chi connectivity index (χ0v) is 24.3. The van der Waals surface area contributed by atoms with E-state index in [0.29, 0.717) is 69.7 Å². The predicted molar refractivity (Wildman–Crippen MR) is 156 cm³/mol. The Balaban J connectivity index is 1.19. The molecular formula is C30H34F4N6O4. The van der Waals surface area contributed by atoms with Gasteiger partial charge in [-0.15, -0.1) is 0 Å². The van der Waals surface area contributed by atoms with Crippen molar-refractivity contribution in [1.82, 2.24) is 14.9 Å². The molecule has 0 aliphatic carbocycles. The topological polar surface area (TPSA) is 101 Å². The fourth-order valence-electron chi connectivity index (χ4n) is 4.90. The maximum absolute atomic E-state index is 14.8. The van der Waals surface area contributed by atoms with Crippen molar-refractivity contribution >= 4 is 23.2 Å². The summed E-state index contributed by atoms with van der Waals surface area (Å²) in [4.78, 5) is 25.3. The SMILES string of the molecule is Cc1nc(-c2ccc(NC(=O)Nc3ccc(COCCN4CCOCC4)c(C(F)(F)F)c3)cc2)nc(N2CCOCC2)c1F. The van der Waals surface area contributed by atoms with Crippen molar-refractivity contribution in [3.63, 3.8) is 0 Å². The van der Waals surface area contributed by atoms with Crippen LogP contribution in [-0.2, 0) is 27.0 Å². The minimum absolute atomic E-state index is 0.0175. The highest BCUT2D eigenvalue weighted by Gasteiger charge is 2.34. The van der Waals surface area contributed by atoms with E-state index in [1.54, 1.807) is 31.2 Å². The maximum Gasteiger partial charge on any atom is 0.416 e. The van der Waals surface area contributed by atoms with Crippen LogP contribution in [0, 0.1) is 12.7 Å². The zero-order chi connectivity index (χ0) is 31.1. The van der Waals surface area contributed by atoms with E-state index in [1.807, 2.05) is 4.90 Å². The van der Waals surface area contributed by atoms with Crippen molar-refractivity contribution in [2.24, 2.45) is 0 Å². The number of ether oxygens (including phenoxy) is 3. The fourth-order valence-corrected chi connectivity index (χ4v) is 4.90. The second kappa shape index (κ2) is 14.3. The number of carbonyl (C=O) groups is 1. The number of hydrogen-bond donors (Lipinski definition) is 2. The van der Waals surface area contributed by atoms with E-state index in [1.165, 1.54) is 12.1 Å². The van der Waals surface area contributed by atoms with Crippen molar-refractivity contribution in [3.8, 4) is 11.4 Å². The average Bonchev–Trinajstić information content (AvgIpc) is 3.02. The summed E-state index contributed by atoms with van der Waals surface area (Å²) in [5, 5.41) is 5.06. The van der Waals surface area contributed by atoms with Gasteiger partial charge in [-0.2, -0.15) is 13.2 Å². The summed E-state index contributed by atoms with van der Waals surface area (Å²) in [6, 6.07) is 9.42. The Labute approximate surface area is 252 Å². The summed E-state index contributed by atoms with van der Waals surface area (Å²) in [6.45, 7) is 7.05. The first kappa shape index (κ1) is 31.6. The molecule has 0 bridgehead atoms. The molecule has 2 amide bonds. The van der Waals surface area contributed by atoms with Crippen molar-refractivity contribution in [2.45, 2.75) is 19.7 Å². The lowest BCUT2D eigenvalue weighted by atomic mass is 10.1. The van der Waals surface area contributed by atoms with Gasteiger partial charge in [0.2, 0.25) is 0 Å². The Morgan fingerprint density at radius 3 is 2.25 bits per heavy atom. The Bertz CT molecular complexity index is 1430. The van der Waals surface area contributed by atoms with Crippen LogP contribution in [0.25, 0.3) is 11.4 Å². The number of morpholine rings is 2. The lowest BCUT2D eigenvalue weighted by Crippen LogP contribution is -2.38. The number of aromatic nitrogens is 2. The summed E-state index contributed by atoms with van der Waals surface area (Å²) in [6.07, 6.45) is -4.63. The number of carbonyl (C=O) groups excluding carboxylic acids is 1. The minimum atomic E-state index is -4.63. The first-order valence-corrected chi connectivity index (χ1v) is 14.3. The van der Waals surface area contributed by atoms with Crippen LogP contribution < -0.4 is 15.5 Å². The molecule has 2 N–H and O–H groups in total. The first-order valence-electron chi connectivity index (χ1n) is 14.3. The monoisotopic (exact) mass is 618 g/mol. The van der Waals surface area contributed by atoms with E-state index < -0.39 is 23.6 Å². The van der Waals surface area contributed by atoms with Crippen molar-refractivity contribution in [2.75, 3.05) is 81.3 Å². The molecule has 0 spiro atoms. The number of alkyl halides is 3. The molecule has 2 aliphatic heterocycles. The number of urea groups is 1. The average molecular weight is 619 g/mol. The molecule has 5 rings (SSSR count). The van der Waals surface area contributed by atoms with Crippen molar-refractivity contribution in [1.29, 1.82) is 0 Å². The molecule has 2 aliphatic rings. The quantitative estimate of drug-likeness (QED) is 0.257.